The third-order valence-electron chi connectivity index (χ3n) is 2.66. The number of carbonyl (C=O) groups is 1. The molecule has 0 bridgehead atoms. The van der Waals surface area contributed by atoms with Crippen molar-refractivity contribution in [2.45, 2.75) is 39.2 Å². The molecule has 2 aromatic rings. The molecule has 5 nitrogen and oxygen atoms in total. The largest absolute Gasteiger partial charge is 0.351 e. The van der Waals surface area contributed by atoms with Gasteiger partial charge in [-0.1, -0.05) is 28.9 Å². The van der Waals surface area contributed by atoms with Crippen LogP contribution in [-0.4, -0.2) is 21.6 Å². The quantitative estimate of drug-likeness (QED) is 0.941. The molecule has 1 aromatic carbocycles. The maximum absolute atomic E-state index is 11.7. The molecule has 0 unspecified atom stereocenters. The number of carbonyl (C=O) groups excluding carboxylic acids is 1. The van der Waals surface area contributed by atoms with Crippen molar-refractivity contribution >= 4 is 17.5 Å². The third-order valence-corrected chi connectivity index (χ3v) is 2.99. The van der Waals surface area contributed by atoms with Gasteiger partial charge in [0.25, 0.3) is 0 Å². The van der Waals surface area contributed by atoms with E-state index in [2.05, 4.69) is 15.5 Å². The molecule has 0 aliphatic heterocycles. The molecule has 0 saturated heterocycles. The topological polar surface area (TPSA) is 68.0 Å². The standard InChI is InChI=1S/C15H18ClN3O2/c1-15(2,3)18-12(20)8-9-13-17-14(19-21-13)10-6-4-5-7-11(10)16/h4-7H,8-9H2,1-3H3,(H,18,20). The summed E-state index contributed by atoms with van der Waals surface area (Å²) < 4.78 is 5.15. The summed E-state index contributed by atoms with van der Waals surface area (Å²) in [5.74, 6) is 0.820. The Labute approximate surface area is 128 Å². The average Bonchev–Trinajstić information content (AvgIpc) is 2.83. The van der Waals surface area contributed by atoms with E-state index in [1.54, 1.807) is 6.07 Å². The second kappa shape index (κ2) is 6.26. The van der Waals surface area contributed by atoms with Gasteiger partial charge in [0.2, 0.25) is 17.6 Å². The second-order valence-electron chi connectivity index (χ2n) is 5.79. The number of hydrogen-bond acceptors (Lipinski definition) is 4. The minimum atomic E-state index is -0.241. The lowest BCUT2D eigenvalue weighted by Crippen LogP contribution is -2.40. The maximum atomic E-state index is 11.7. The van der Waals surface area contributed by atoms with Crippen LogP contribution >= 0.6 is 11.6 Å². The fourth-order valence-electron chi connectivity index (χ4n) is 1.81. The fraction of sp³-hybridized carbons (Fsp3) is 0.400. The summed E-state index contributed by atoms with van der Waals surface area (Å²) in [6.45, 7) is 5.81. The number of nitrogens with one attached hydrogen (secondary N) is 1. The summed E-state index contributed by atoms with van der Waals surface area (Å²) in [5.41, 5.74) is 0.475. The van der Waals surface area contributed by atoms with Crippen LogP contribution in [-0.2, 0) is 11.2 Å². The van der Waals surface area contributed by atoms with Crippen molar-refractivity contribution in [2.75, 3.05) is 0 Å². The highest BCUT2D eigenvalue weighted by molar-refractivity contribution is 6.33. The molecule has 1 heterocycles. The summed E-state index contributed by atoms with van der Waals surface area (Å²) in [5, 5.41) is 7.35. The van der Waals surface area contributed by atoms with E-state index in [0.717, 1.165) is 0 Å². The minimum Gasteiger partial charge on any atom is -0.351 e. The van der Waals surface area contributed by atoms with Gasteiger partial charge >= 0.3 is 0 Å². The fourth-order valence-corrected chi connectivity index (χ4v) is 2.03. The van der Waals surface area contributed by atoms with E-state index < -0.39 is 0 Å². The van der Waals surface area contributed by atoms with Crippen molar-refractivity contribution in [1.82, 2.24) is 15.5 Å². The number of aryl methyl sites for hydroxylation is 1. The summed E-state index contributed by atoms with van der Waals surface area (Å²) in [6.07, 6.45) is 0.709. The molecule has 112 valence electrons. The molecule has 2 rings (SSSR count). The third kappa shape index (κ3) is 4.56. The number of hydrogen-bond donors (Lipinski definition) is 1. The SMILES string of the molecule is CC(C)(C)NC(=O)CCc1nc(-c2ccccc2Cl)no1. The minimum absolute atomic E-state index is 0.0417. The Morgan fingerprint density at radius 2 is 2.05 bits per heavy atom. The molecule has 0 aliphatic carbocycles. The Morgan fingerprint density at radius 1 is 1.33 bits per heavy atom. The van der Waals surface area contributed by atoms with Gasteiger partial charge in [0.05, 0.1) is 5.02 Å². The lowest BCUT2D eigenvalue weighted by molar-refractivity contribution is -0.122. The lowest BCUT2D eigenvalue weighted by atomic mass is 10.1. The lowest BCUT2D eigenvalue weighted by Gasteiger charge is -2.20. The van der Waals surface area contributed by atoms with Gasteiger partial charge in [0, 0.05) is 23.9 Å². The predicted octanol–water partition coefficient (Wildman–Crippen LogP) is 3.24. The van der Waals surface area contributed by atoms with Crippen molar-refractivity contribution in [3.8, 4) is 11.4 Å². The molecular weight excluding hydrogens is 290 g/mol. The van der Waals surface area contributed by atoms with E-state index in [0.29, 0.717) is 35.1 Å². The van der Waals surface area contributed by atoms with E-state index in [9.17, 15) is 4.79 Å². The van der Waals surface area contributed by atoms with Crippen LogP contribution in [0, 0.1) is 0 Å². The van der Waals surface area contributed by atoms with Crippen LogP contribution in [0.25, 0.3) is 11.4 Å². The van der Waals surface area contributed by atoms with Crippen LogP contribution in [0.1, 0.15) is 33.1 Å². The van der Waals surface area contributed by atoms with Crippen molar-refractivity contribution in [2.24, 2.45) is 0 Å². The van der Waals surface area contributed by atoms with Crippen LogP contribution in [0.2, 0.25) is 5.02 Å². The predicted molar refractivity (Wildman–Crippen MR) is 81.0 cm³/mol. The van der Waals surface area contributed by atoms with Gasteiger partial charge in [-0.2, -0.15) is 4.98 Å². The van der Waals surface area contributed by atoms with Crippen molar-refractivity contribution in [1.29, 1.82) is 0 Å². The normalized spacial score (nSPS) is 11.4. The Balaban J connectivity index is 1.98. The van der Waals surface area contributed by atoms with Gasteiger partial charge in [-0.05, 0) is 32.9 Å². The number of halogens is 1. The highest BCUT2D eigenvalue weighted by Crippen LogP contribution is 2.24. The van der Waals surface area contributed by atoms with Gasteiger partial charge in [0.1, 0.15) is 0 Å². The first-order valence-electron chi connectivity index (χ1n) is 6.74. The molecule has 0 fully saturated rings. The first-order chi connectivity index (χ1) is 9.85. The van der Waals surface area contributed by atoms with Crippen molar-refractivity contribution in [3.05, 3.63) is 35.2 Å². The molecule has 0 atom stereocenters. The van der Waals surface area contributed by atoms with E-state index >= 15 is 0 Å². The van der Waals surface area contributed by atoms with Crippen molar-refractivity contribution in [3.63, 3.8) is 0 Å². The smallest absolute Gasteiger partial charge is 0.227 e. The number of nitrogens with zero attached hydrogens (tertiary/aromatic N) is 2. The molecule has 0 saturated carbocycles. The van der Waals surface area contributed by atoms with E-state index in [4.69, 9.17) is 16.1 Å². The van der Waals surface area contributed by atoms with Crippen LogP contribution in [0.4, 0.5) is 0 Å². The van der Waals surface area contributed by atoms with Gasteiger partial charge in [-0.15, -0.1) is 0 Å². The average molecular weight is 308 g/mol. The van der Waals surface area contributed by atoms with E-state index in [-0.39, 0.29) is 11.4 Å². The van der Waals surface area contributed by atoms with Crippen LogP contribution in [0.3, 0.4) is 0 Å². The Kier molecular flexibility index (Phi) is 4.63. The van der Waals surface area contributed by atoms with Crippen LogP contribution in [0.5, 0.6) is 0 Å². The molecule has 1 amide bonds. The molecule has 6 heteroatoms. The molecule has 1 aromatic heterocycles. The molecule has 21 heavy (non-hydrogen) atoms. The summed E-state index contributed by atoms with van der Waals surface area (Å²) in [7, 11) is 0. The van der Waals surface area contributed by atoms with Gasteiger partial charge < -0.3 is 9.84 Å². The Hall–Kier alpha value is -1.88. The monoisotopic (exact) mass is 307 g/mol. The highest BCUT2D eigenvalue weighted by atomic mass is 35.5. The Morgan fingerprint density at radius 3 is 2.71 bits per heavy atom. The maximum Gasteiger partial charge on any atom is 0.227 e. The van der Waals surface area contributed by atoms with Crippen LogP contribution < -0.4 is 5.32 Å². The number of amides is 1. The number of aromatic nitrogens is 2. The van der Waals surface area contributed by atoms with Gasteiger partial charge in [-0.3, -0.25) is 4.79 Å². The number of benzene rings is 1. The zero-order valence-electron chi connectivity index (χ0n) is 12.3. The Bertz CT molecular complexity index is 632. The van der Waals surface area contributed by atoms with Gasteiger partial charge in [0.15, 0.2) is 0 Å². The second-order valence-corrected chi connectivity index (χ2v) is 6.20. The van der Waals surface area contributed by atoms with Crippen LogP contribution in [0.15, 0.2) is 28.8 Å². The summed E-state index contributed by atoms with van der Waals surface area (Å²) in [4.78, 5) is 16.0. The van der Waals surface area contributed by atoms with E-state index in [1.807, 2.05) is 39.0 Å². The van der Waals surface area contributed by atoms with Gasteiger partial charge in [-0.25, -0.2) is 0 Å². The molecular formula is C15H18ClN3O2. The molecule has 1 N–H and O–H groups in total. The zero-order chi connectivity index (χ0) is 15.5. The summed E-state index contributed by atoms with van der Waals surface area (Å²) >= 11 is 6.08. The molecule has 0 spiro atoms. The van der Waals surface area contributed by atoms with E-state index in [1.165, 1.54) is 0 Å². The summed E-state index contributed by atoms with van der Waals surface area (Å²) in [6, 6.07) is 7.28. The highest BCUT2D eigenvalue weighted by Gasteiger charge is 2.16. The molecule has 0 aliphatic rings. The first-order valence-corrected chi connectivity index (χ1v) is 7.11. The van der Waals surface area contributed by atoms with Crippen molar-refractivity contribution < 1.29 is 9.32 Å². The first kappa shape index (κ1) is 15.5. The molecule has 0 radical (unpaired) electrons. The zero-order valence-corrected chi connectivity index (χ0v) is 13.1. The number of rotatable bonds is 4.